The first-order valence-electron chi connectivity index (χ1n) is 6.36. The summed E-state index contributed by atoms with van der Waals surface area (Å²) >= 11 is 0. The van der Waals surface area contributed by atoms with E-state index in [0.29, 0.717) is 6.04 Å². The molecule has 0 saturated heterocycles. The molecule has 0 aliphatic rings. The Morgan fingerprint density at radius 3 is 2.61 bits per heavy atom. The second-order valence-electron chi connectivity index (χ2n) is 4.87. The van der Waals surface area contributed by atoms with Crippen LogP contribution in [0.4, 0.5) is 0 Å². The van der Waals surface area contributed by atoms with Gasteiger partial charge in [-0.3, -0.25) is 4.68 Å². The van der Waals surface area contributed by atoms with E-state index in [4.69, 9.17) is 0 Å². The zero-order valence-corrected chi connectivity index (χ0v) is 11.6. The van der Waals surface area contributed by atoms with Gasteiger partial charge in [0.2, 0.25) is 0 Å². The third kappa shape index (κ3) is 2.79. The van der Waals surface area contributed by atoms with Gasteiger partial charge >= 0.3 is 0 Å². The van der Waals surface area contributed by atoms with Crippen LogP contribution in [-0.2, 0) is 13.6 Å². The highest BCUT2D eigenvalue weighted by molar-refractivity contribution is 5.28. The van der Waals surface area contributed by atoms with Crippen LogP contribution < -0.4 is 5.32 Å². The van der Waals surface area contributed by atoms with Gasteiger partial charge in [-0.1, -0.05) is 24.3 Å². The topological polar surface area (TPSA) is 29.9 Å². The number of aryl methyl sites for hydroxylation is 3. The van der Waals surface area contributed by atoms with Crippen molar-refractivity contribution < 1.29 is 0 Å². The summed E-state index contributed by atoms with van der Waals surface area (Å²) < 4.78 is 1.87. The molecule has 0 saturated carbocycles. The van der Waals surface area contributed by atoms with Gasteiger partial charge in [0.25, 0.3) is 0 Å². The molecule has 3 heteroatoms. The summed E-state index contributed by atoms with van der Waals surface area (Å²) in [6.45, 7) is 7.27. The van der Waals surface area contributed by atoms with Crippen LogP contribution in [0.5, 0.6) is 0 Å². The molecule has 1 unspecified atom stereocenters. The number of benzene rings is 1. The molecule has 0 fully saturated rings. The Kier molecular flexibility index (Phi) is 3.82. The van der Waals surface area contributed by atoms with Crippen molar-refractivity contribution in [1.29, 1.82) is 0 Å². The molecule has 18 heavy (non-hydrogen) atoms. The van der Waals surface area contributed by atoms with E-state index in [1.807, 2.05) is 11.7 Å². The minimum absolute atomic E-state index is 0.353. The zero-order chi connectivity index (χ0) is 13.1. The molecule has 1 aromatic heterocycles. The van der Waals surface area contributed by atoms with Crippen LogP contribution in [0.15, 0.2) is 30.5 Å². The average molecular weight is 243 g/mol. The highest BCUT2D eigenvalue weighted by atomic mass is 15.2. The van der Waals surface area contributed by atoms with Gasteiger partial charge in [-0.15, -0.1) is 0 Å². The highest BCUT2D eigenvalue weighted by Gasteiger charge is 2.09. The van der Waals surface area contributed by atoms with Crippen LogP contribution in [-0.4, -0.2) is 9.78 Å². The van der Waals surface area contributed by atoms with Gasteiger partial charge in [-0.2, -0.15) is 5.10 Å². The second-order valence-corrected chi connectivity index (χ2v) is 4.87. The second kappa shape index (κ2) is 5.36. The Morgan fingerprint density at radius 2 is 2.00 bits per heavy atom. The Hall–Kier alpha value is -1.61. The molecule has 0 spiro atoms. The van der Waals surface area contributed by atoms with Crippen LogP contribution in [0.2, 0.25) is 0 Å². The fourth-order valence-corrected chi connectivity index (χ4v) is 2.27. The third-order valence-corrected chi connectivity index (χ3v) is 3.37. The van der Waals surface area contributed by atoms with E-state index in [0.717, 1.165) is 12.2 Å². The average Bonchev–Trinajstić information content (AvgIpc) is 2.65. The molecule has 96 valence electrons. The SMILES string of the molecule is Cc1ccccc1C(C)NCc1cn(C)nc1C. The van der Waals surface area contributed by atoms with Crippen molar-refractivity contribution >= 4 is 0 Å². The quantitative estimate of drug-likeness (QED) is 0.895. The number of hydrogen-bond acceptors (Lipinski definition) is 2. The van der Waals surface area contributed by atoms with Gasteiger partial charge in [0.1, 0.15) is 0 Å². The molecule has 0 aliphatic heterocycles. The molecule has 0 amide bonds. The van der Waals surface area contributed by atoms with E-state index >= 15 is 0 Å². The summed E-state index contributed by atoms with van der Waals surface area (Å²) in [6, 6.07) is 8.87. The Labute approximate surface area is 109 Å². The van der Waals surface area contributed by atoms with Gasteiger partial charge in [0, 0.05) is 31.4 Å². The lowest BCUT2D eigenvalue weighted by Crippen LogP contribution is -2.19. The van der Waals surface area contributed by atoms with Crippen LogP contribution in [0.25, 0.3) is 0 Å². The predicted molar refractivity (Wildman–Crippen MR) is 74.4 cm³/mol. The highest BCUT2D eigenvalue weighted by Crippen LogP contribution is 2.17. The first kappa shape index (κ1) is 12.8. The maximum atomic E-state index is 4.36. The van der Waals surface area contributed by atoms with Crippen molar-refractivity contribution in [2.45, 2.75) is 33.4 Å². The maximum Gasteiger partial charge on any atom is 0.0638 e. The standard InChI is InChI=1S/C15H21N3/c1-11-7-5-6-8-15(11)13(3)16-9-14-10-18(4)17-12(14)2/h5-8,10,13,16H,9H2,1-4H3. The van der Waals surface area contributed by atoms with E-state index in [1.165, 1.54) is 16.7 Å². The normalized spacial score (nSPS) is 12.7. The Bertz CT molecular complexity index is 528. The van der Waals surface area contributed by atoms with Gasteiger partial charge in [-0.25, -0.2) is 0 Å². The fraction of sp³-hybridized carbons (Fsp3) is 0.400. The summed E-state index contributed by atoms with van der Waals surface area (Å²) in [5.41, 5.74) is 5.05. The summed E-state index contributed by atoms with van der Waals surface area (Å²) in [7, 11) is 1.96. The van der Waals surface area contributed by atoms with Crippen LogP contribution in [0.1, 0.15) is 35.3 Å². The number of aromatic nitrogens is 2. The number of rotatable bonds is 4. The molecule has 2 aromatic rings. The summed E-state index contributed by atoms with van der Waals surface area (Å²) in [5, 5.41) is 7.91. The number of nitrogens with zero attached hydrogens (tertiary/aromatic N) is 2. The van der Waals surface area contributed by atoms with Gasteiger partial charge < -0.3 is 5.32 Å². The minimum Gasteiger partial charge on any atom is -0.306 e. The molecule has 3 nitrogen and oxygen atoms in total. The van der Waals surface area contributed by atoms with Crippen LogP contribution >= 0.6 is 0 Å². The smallest absolute Gasteiger partial charge is 0.0638 e. The van der Waals surface area contributed by atoms with Crippen LogP contribution in [0.3, 0.4) is 0 Å². The lowest BCUT2D eigenvalue weighted by Gasteiger charge is -2.16. The van der Waals surface area contributed by atoms with Crippen molar-refractivity contribution in [3.8, 4) is 0 Å². The van der Waals surface area contributed by atoms with Crippen LogP contribution in [0, 0.1) is 13.8 Å². The lowest BCUT2D eigenvalue weighted by atomic mass is 10.0. The van der Waals surface area contributed by atoms with E-state index in [1.54, 1.807) is 0 Å². The lowest BCUT2D eigenvalue weighted by molar-refractivity contribution is 0.571. The monoisotopic (exact) mass is 243 g/mol. The summed E-state index contributed by atoms with van der Waals surface area (Å²) in [5.74, 6) is 0. The van der Waals surface area contributed by atoms with E-state index < -0.39 is 0 Å². The zero-order valence-electron chi connectivity index (χ0n) is 11.6. The van der Waals surface area contributed by atoms with E-state index in [2.05, 4.69) is 61.6 Å². The third-order valence-electron chi connectivity index (χ3n) is 3.37. The molecule has 1 N–H and O–H groups in total. The molecular formula is C15H21N3. The van der Waals surface area contributed by atoms with Crippen molar-refractivity contribution in [2.24, 2.45) is 7.05 Å². The van der Waals surface area contributed by atoms with Crippen molar-refractivity contribution in [1.82, 2.24) is 15.1 Å². The predicted octanol–water partition coefficient (Wildman–Crippen LogP) is 2.89. The van der Waals surface area contributed by atoms with Gasteiger partial charge in [0.15, 0.2) is 0 Å². The molecule has 1 atom stereocenters. The van der Waals surface area contributed by atoms with Crippen molar-refractivity contribution in [2.75, 3.05) is 0 Å². The Morgan fingerprint density at radius 1 is 1.28 bits per heavy atom. The fourth-order valence-electron chi connectivity index (χ4n) is 2.27. The molecule has 0 bridgehead atoms. The van der Waals surface area contributed by atoms with Crippen molar-refractivity contribution in [3.05, 3.63) is 52.8 Å². The van der Waals surface area contributed by atoms with Gasteiger partial charge in [-0.05, 0) is 31.9 Å². The van der Waals surface area contributed by atoms with E-state index in [9.17, 15) is 0 Å². The Balaban J connectivity index is 2.03. The molecule has 0 radical (unpaired) electrons. The molecule has 0 aliphatic carbocycles. The minimum atomic E-state index is 0.353. The molecule has 1 heterocycles. The largest absolute Gasteiger partial charge is 0.306 e. The molecule has 1 aromatic carbocycles. The first-order valence-corrected chi connectivity index (χ1v) is 6.36. The number of nitrogens with one attached hydrogen (secondary N) is 1. The van der Waals surface area contributed by atoms with Gasteiger partial charge in [0.05, 0.1) is 5.69 Å². The molecule has 2 rings (SSSR count). The molecular weight excluding hydrogens is 222 g/mol. The summed E-state index contributed by atoms with van der Waals surface area (Å²) in [4.78, 5) is 0. The van der Waals surface area contributed by atoms with Crippen molar-refractivity contribution in [3.63, 3.8) is 0 Å². The first-order chi connectivity index (χ1) is 8.58. The maximum absolute atomic E-state index is 4.36. The summed E-state index contributed by atoms with van der Waals surface area (Å²) in [6.07, 6.45) is 2.08. The van der Waals surface area contributed by atoms with E-state index in [-0.39, 0.29) is 0 Å². The number of hydrogen-bond donors (Lipinski definition) is 1.